The lowest BCUT2D eigenvalue weighted by atomic mass is 10.0. The zero-order valence-corrected chi connectivity index (χ0v) is 17.1. The van der Waals surface area contributed by atoms with Crippen LogP contribution in [0.15, 0.2) is 59.6 Å². The van der Waals surface area contributed by atoms with Crippen LogP contribution in [0.3, 0.4) is 0 Å². The van der Waals surface area contributed by atoms with Gasteiger partial charge >= 0.3 is 0 Å². The van der Waals surface area contributed by atoms with Gasteiger partial charge in [0, 0.05) is 29.1 Å². The molecule has 0 unspecified atom stereocenters. The van der Waals surface area contributed by atoms with E-state index < -0.39 is 0 Å². The number of rotatable bonds is 7. The van der Waals surface area contributed by atoms with Crippen LogP contribution in [0.5, 0.6) is 11.5 Å². The third-order valence-electron chi connectivity index (χ3n) is 5.12. The predicted molar refractivity (Wildman–Crippen MR) is 119 cm³/mol. The number of fused-ring (bicyclic) bond motifs is 2. The number of aromatic nitrogens is 2. The SMILES string of the molecule is CCCCn1c(N=Cc2ccc(OC)c3cccc(OC)c23)nc2ccccc21. The van der Waals surface area contributed by atoms with Gasteiger partial charge in [-0.3, -0.25) is 0 Å². The predicted octanol–water partition coefficient (Wildman–Crippen LogP) is 5.76. The minimum atomic E-state index is 0.721. The Hall–Kier alpha value is -3.34. The third-order valence-corrected chi connectivity index (χ3v) is 5.12. The Morgan fingerprint density at radius 3 is 2.59 bits per heavy atom. The van der Waals surface area contributed by atoms with Crippen LogP contribution in [0.1, 0.15) is 25.3 Å². The van der Waals surface area contributed by atoms with Crippen LogP contribution in [0.2, 0.25) is 0 Å². The molecule has 0 fully saturated rings. The van der Waals surface area contributed by atoms with E-state index in [2.05, 4.69) is 17.6 Å². The molecule has 29 heavy (non-hydrogen) atoms. The molecule has 0 bridgehead atoms. The molecule has 0 aliphatic heterocycles. The molecule has 0 atom stereocenters. The molecule has 0 saturated heterocycles. The fourth-order valence-electron chi connectivity index (χ4n) is 3.65. The van der Waals surface area contributed by atoms with Crippen LogP contribution in [0, 0.1) is 0 Å². The molecule has 1 aromatic heterocycles. The molecule has 0 aliphatic carbocycles. The van der Waals surface area contributed by atoms with E-state index in [1.54, 1.807) is 14.2 Å². The number of aliphatic imine (C=N–C) groups is 1. The van der Waals surface area contributed by atoms with Crippen molar-refractivity contribution in [3.05, 3.63) is 60.2 Å². The van der Waals surface area contributed by atoms with Crippen LogP contribution >= 0.6 is 0 Å². The van der Waals surface area contributed by atoms with Crippen molar-refractivity contribution in [3.8, 4) is 11.5 Å². The Labute approximate surface area is 170 Å². The number of hydrogen-bond acceptors (Lipinski definition) is 4. The first-order valence-corrected chi connectivity index (χ1v) is 9.90. The number of para-hydroxylation sites is 2. The topological polar surface area (TPSA) is 48.6 Å². The van der Waals surface area contributed by atoms with E-state index in [9.17, 15) is 0 Å². The zero-order chi connectivity index (χ0) is 20.2. The van der Waals surface area contributed by atoms with Gasteiger partial charge in [-0.25, -0.2) is 9.98 Å². The van der Waals surface area contributed by atoms with Gasteiger partial charge in [-0.1, -0.05) is 37.6 Å². The monoisotopic (exact) mass is 387 g/mol. The number of nitrogens with zero attached hydrogens (tertiary/aromatic N) is 3. The lowest BCUT2D eigenvalue weighted by Gasteiger charge is -2.11. The van der Waals surface area contributed by atoms with E-state index >= 15 is 0 Å². The smallest absolute Gasteiger partial charge is 0.230 e. The molecule has 5 heteroatoms. The van der Waals surface area contributed by atoms with Crippen LogP contribution in [0.25, 0.3) is 21.8 Å². The maximum atomic E-state index is 5.61. The molecule has 0 radical (unpaired) electrons. The number of ether oxygens (including phenoxy) is 2. The molecule has 0 amide bonds. The van der Waals surface area contributed by atoms with Gasteiger partial charge in [0.15, 0.2) is 0 Å². The van der Waals surface area contributed by atoms with E-state index in [1.807, 2.05) is 54.7 Å². The molecule has 3 aromatic carbocycles. The highest BCUT2D eigenvalue weighted by Crippen LogP contribution is 2.34. The maximum Gasteiger partial charge on any atom is 0.230 e. The summed E-state index contributed by atoms with van der Waals surface area (Å²) in [4.78, 5) is 9.52. The minimum absolute atomic E-state index is 0.721. The molecule has 5 nitrogen and oxygen atoms in total. The Bertz CT molecular complexity index is 1180. The van der Waals surface area contributed by atoms with Crippen LogP contribution in [-0.2, 0) is 6.54 Å². The molecule has 0 aliphatic rings. The van der Waals surface area contributed by atoms with Gasteiger partial charge in [-0.05, 0) is 36.8 Å². The second-order valence-corrected chi connectivity index (χ2v) is 6.90. The standard InChI is InChI=1S/C24H25N3O2/c1-4-5-15-27-20-11-7-6-10-19(20)26-24(27)25-16-17-13-14-21(28-2)18-9-8-12-22(29-3)23(17)18/h6-14,16H,4-5,15H2,1-3H3. The number of methoxy groups -OCH3 is 2. The van der Waals surface area contributed by atoms with Crippen molar-refractivity contribution in [2.24, 2.45) is 4.99 Å². The van der Waals surface area contributed by atoms with E-state index in [0.717, 1.165) is 64.2 Å². The number of aryl methyl sites for hydroxylation is 1. The largest absolute Gasteiger partial charge is 0.496 e. The Kier molecular flexibility index (Phi) is 5.47. The van der Waals surface area contributed by atoms with Crippen LogP contribution < -0.4 is 9.47 Å². The summed E-state index contributed by atoms with van der Waals surface area (Å²) in [6.07, 6.45) is 4.08. The van der Waals surface area contributed by atoms with Gasteiger partial charge in [0.25, 0.3) is 0 Å². The summed E-state index contributed by atoms with van der Waals surface area (Å²) in [6, 6.07) is 18.1. The minimum Gasteiger partial charge on any atom is -0.496 e. The lowest BCUT2D eigenvalue weighted by molar-refractivity contribution is 0.415. The summed E-state index contributed by atoms with van der Waals surface area (Å²) >= 11 is 0. The van der Waals surface area contributed by atoms with Crippen molar-refractivity contribution in [1.29, 1.82) is 0 Å². The Morgan fingerprint density at radius 2 is 1.79 bits per heavy atom. The van der Waals surface area contributed by atoms with E-state index in [4.69, 9.17) is 19.5 Å². The van der Waals surface area contributed by atoms with Crippen molar-refractivity contribution >= 4 is 34.0 Å². The third kappa shape index (κ3) is 3.56. The molecule has 0 N–H and O–H groups in total. The number of unbranched alkanes of at least 4 members (excludes halogenated alkanes) is 1. The molecular formula is C24H25N3O2. The first-order valence-electron chi connectivity index (χ1n) is 9.90. The van der Waals surface area contributed by atoms with Crippen molar-refractivity contribution in [3.63, 3.8) is 0 Å². The second-order valence-electron chi connectivity index (χ2n) is 6.90. The van der Waals surface area contributed by atoms with Gasteiger partial charge in [-0.2, -0.15) is 0 Å². The van der Waals surface area contributed by atoms with Gasteiger partial charge in [0.2, 0.25) is 5.95 Å². The normalized spacial score (nSPS) is 11.6. The number of hydrogen-bond donors (Lipinski definition) is 0. The summed E-state index contributed by atoms with van der Waals surface area (Å²) in [5, 5.41) is 1.98. The molecular weight excluding hydrogens is 362 g/mol. The van der Waals surface area contributed by atoms with Crippen molar-refractivity contribution in [2.45, 2.75) is 26.3 Å². The van der Waals surface area contributed by atoms with Crippen LogP contribution in [-0.4, -0.2) is 30.0 Å². The summed E-state index contributed by atoms with van der Waals surface area (Å²) in [5.41, 5.74) is 3.05. The Balaban J connectivity index is 1.83. The van der Waals surface area contributed by atoms with E-state index in [-0.39, 0.29) is 0 Å². The molecule has 0 spiro atoms. The van der Waals surface area contributed by atoms with Crippen molar-refractivity contribution in [1.82, 2.24) is 9.55 Å². The average Bonchev–Trinajstić information content (AvgIpc) is 3.12. The zero-order valence-electron chi connectivity index (χ0n) is 17.1. The quantitative estimate of drug-likeness (QED) is 0.379. The number of benzene rings is 3. The summed E-state index contributed by atoms with van der Waals surface area (Å²) < 4.78 is 13.3. The summed E-state index contributed by atoms with van der Waals surface area (Å²) in [5.74, 6) is 2.33. The van der Waals surface area contributed by atoms with Crippen LogP contribution in [0.4, 0.5) is 5.95 Å². The van der Waals surface area contributed by atoms with Gasteiger partial charge in [-0.15, -0.1) is 0 Å². The number of imidazole rings is 1. The molecule has 0 saturated carbocycles. The molecule has 1 heterocycles. The van der Waals surface area contributed by atoms with Gasteiger partial charge < -0.3 is 14.0 Å². The summed E-state index contributed by atoms with van der Waals surface area (Å²) in [7, 11) is 3.36. The molecule has 4 rings (SSSR count). The molecule has 148 valence electrons. The summed E-state index contributed by atoms with van der Waals surface area (Å²) in [6.45, 7) is 3.09. The van der Waals surface area contributed by atoms with Gasteiger partial charge in [0.05, 0.1) is 25.3 Å². The average molecular weight is 387 g/mol. The van der Waals surface area contributed by atoms with Crippen molar-refractivity contribution in [2.75, 3.05) is 14.2 Å². The lowest BCUT2D eigenvalue weighted by Crippen LogP contribution is -1.97. The maximum absolute atomic E-state index is 5.61. The van der Waals surface area contributed by atoms with E-state index in [0.29, 0.717) is 0 Å². The highest BCUT2D eigenvalue weighted by atomic mass is 16.5. The Morgan fingerprint density at radius 1 is 0.966 bits per heavy atom. The second kappa shape index (κ2) is 8.35. The first-order chi connectivity index (χ1) is 14.3. The van der Waals surface area contributed by atoms with Crippen molar-refractivity contribution < 1.29 is 9.47 Å². The highest BCUT2D eigenvalue weighted by molar-refractivity contribution is 6.06. The first kappa shape index (κ1) is 19.0. The fraction of sp³-hybridized carbons (Fsp3) is 0.250. The molecule has 4 aromatic rings. The van der Waals surface area contributed by atoms with E-state index in [1.165, 1.54) is 0 Å². The highest BCUT2D eigenvalue weighted by Gasteiger charge is 2.12. The fourth-order valence-corrected chi connectivity index (χ4v) is 3.65. The van der Waals surface area contributed by atoms with Gasteiger partial charge in [0.1, 0.15) is 11.5 Å².